The molecule has 1 aliphatic rings. The van der Waals surface area contributed by atoms with E-state index in [1.165, 1.54) is 31.5 Å². The van der Waals surface area contributed by atoms with Gasteiger partial charge >= 0.3 is 0 Å². The first-order valence-corrected chi connectivity index (χ1v) is 9.24. The van der Waals surface area contributed by atoms with Crippen LogP contribution >= 0.6 is 0 Å². The molecule has 0 saturated carbocycles. The highest BCUT2D eigenvalue weighted by Crippen LogP contribution is 2.12. The standard InChI is InChI=1S/C22H26N2O2/c1-26-21-11-8-18(9-12-21)10-13-22(25)23-16-19-4-6-20(7-5-19)17-24-14-2-3-15-24/h4-13H,2-3,14-17H2,1H3,(H,23,25)/p+1/b13-10+. The number of likely N-dealkylation sites (tertiary alicyclic amines) is 1. The van der Waals surface area contributed by atoms with Crippen molar-refractivity contribution >= 4 is 12.0 Å². The predicted octanol–water partition coefficient (Wildman–Crippen LogP) is 2.20. The van der Waals surface area contributed by atoms with Crippen molar-refractivity contribution in [3.05, 3.63) is 71.3 Å². The summed E-state index contributed by atoms with van der Waals surface area (Å²) in [7, 11) is 1.64. The van der Waals surface area contributed by atoms with Gasteiger partial charge in [0, 0.05) is 31.0 Å². The molecule has 1 heterocycles. The molecule has 1 saturated heterocycles. The lowest BCUT2D eigenvalue weighted by Crippen LogP contribution is -3.08. The number of amides is 1. The quantitative estimate of drug-likeness (QED) is 0.751. The normalized spacial score (nSPS) is 14.7. The highest BCUT2D eigenvalue weighted by atomic mass is 16.5. The van der Waals surface area contributed by atoms with Gasteiger partial charge in [0.25, 0.3) is 0 Å². The number of benzene rings is 2. The van der Waals surface area contributed by atoms with Crippen LogP contribution in [-0.4, -0.2) is 26.1 Å². The maximum atomic E-state index is 12.0. The van der Waals surface area contributed by atoms with E-state index in [1.807, 2.05) is 24.3 Å². The molecule has 0 radical (unpaired) electrons. The molecule has 3 rings (SSSR count). The van der Waals surface area contributed by atoms with Crippen LogP contribution in [0.5, 0.6) is 5.75 Å². The number of hydrogen-bond donors (Lipinski definition) is 2. The molecule has 0 bridgehead atoms. The SMILES string of the molecule is COc1ccc(/C=C/C(=O)NCc2ccc(C[NH+]3CCCC3)cc2)cc1. The largest absolute Gasteiger partial charge is 0.497 e. The van der Waals surface area contributed by atoms with Crippen molar-refractivity contribution in [2.45, 2.75) is 25.9 Å². The predicted molar refractivity (Wildman–Crippen MR) is 104 cm³/mol. The third-order valence-corrected chi connectivity index (χ3v) is 4.80. The summed E-state index contributed by atoms with van der Waals surface area (Å²) >= 11 is 0. The van der Waals surface area contributed by atoms with Crippen molar-refractivity contribution < 1.29 is 14.4 Å². The van der Waals surface area contributed by atoms with Gasteiger partial charge in [-0.05, 0) is 29.3 Å². The average molecular weight is 351 g/mol. The van der Waals surface area contributed by atoms with Crippen LogP contribution in [0.3, 0.4) is 0 Å². The highest BCUT2D eigenvalue weighted by molar-refractivity contribution is 5.91. The summed E-state index contributed by atoms with van der Waals surface area (Å²) in [4.78, 5) is 13.7. The molecule has 0 aromatic heterocycles. The Morgan fingerprint density at radius 2 is 1.69 bits per heavy atom. The van der Waals surface area contributed by atoms with Crippen LogP contribution in [0.15, 0.2) is 54.6 Å². The fraction of sp³-hybridized carbons (Fsp3) is 0.318. The van der Waals surface area contributed by atoms with E-state index in [4.69, 9.17) is 4.74 Å². The molecule has 0 spiro atoms. The summed E-state index contributed by atoms with van der Waals surface area (Å²) in [5.74, 6) is 0.716. The number of methoxy groups -OCH3 is 1. The lowest BCUT2D eigenvalue weighted by atomic mass is 10.1. The van der Waals surface area contributed by atoms with Crippen molar-refractivity contribution in [1.82, 2.24) is 5.32 Å². The Hall–Kier alpha value is -2.59. The molecular formula is C22H27N2O2+. The Labute approximate surface area is 155 Å². The van der Waals surface area contributed by atoms with E-state index in [0.29, 0.717) is 6.54 Å². The molecule has 4 heteroatoms. The van der Waals surface area contributed by atoms with Crippen molar-refractivity contribution in [3.8, 4) is 5.75 Å². The molecule has 2 aromatic rings. The minimum atomic E-state index is -0.0913. The topological polar surface area (TPSA) is 42.8 Å². The Kier molecular flexibility index (Phi) is 6.45. The number of rotatable bonds is 7. The van der Waals surface area contributed by atoms with Crippen molar-refractivity contribution in [2.75, 3.05) is 20.2 Å². The van der Waals surface area contributed by atoms with Crippen LogP contribution in [0, 0.1) is 0 Å². The lowest BCUT2D eigenvalue weighted by Gasteiger charge is -2.12. The van der Waals surface area contributed by atoms with Gasteiger partial charge in [0.2, 0.25) is 5.91 Å². The van der Waals surface area contributed by atoms with Gasteiger partial charge in [0.05, 0.1) is 20.2 Å². The minimum Gasteiger partial charge on any atom is -0.497 e. The second kappa shape index (κ2) is 9.20. The number of quaternary nitrogens is 1. The van der Waals surface area contributed by atoms with Gasteiger partial charge in [0.15, 0.2) is 0 Å². The van der Waals surface area contributed by atoms with E-state index in [9.17, 15) is 4.79 Å². The maximum Gasteiger partial charge on any atom is 0.244 e. The van der Waals surface area contributed by atoms with E-state index in [2.05, 4.69) is 29.6 Å². The first-order valence-electron chi connectivity index (χ1n) is 9.24. The van der Waals surface area contributed by atoms with Gasteiger partial charge in [-0.2, -0.15) is 0 Å². The zero-order chi connectivity index (χ0) is 18.2. The summed E-state index contributed by atoms with van der Waals surface area (Å²) in [5, 5.41) is 2.93. The zero-order valence-electron chi connectivity index (χ0n) is 15.3. The zero-order valence-corrected chi connectivity index (χ0v) is 15.3. The van der Waals surface area contributed by atoms with Crippen molar-refractivity contribution in [3.63, 3.8) is 0 Å². The monoisotopic (exact) mass is 351 g/mol. The Morgan fingerprint density at radius 3 is 2.35 bits per heavy atom. The van der Waals surface area contributed by atoms with Gasteiger partial charge in [-0.25, -0.2) is 0 Å². The maximum absolute atomic E-state index is 12.0. The van der Waals surface area contributed by atoms with E-state index in [0.717, 1.165) is 23.4 Å². The fourth-order valence-corrected chi connectivity index (χ4v) is 3.25. The summed E-state index contributed by atoms with van der Waals surface area (Å²) < 4.78 is 5.12. The van der Waals surface area contributed by atoms with Gasteiger partial charge in [0.1, 0.15) is 12.3 Å². The average Bonchev–Trinajstić information content (AvgIpc) is 3.19. The second-order valence-electron chi connectivity index (χ2n) is 6.77. The fourth-order valence-electron chi connectivity index (χ4n) is 3.25. The number of carbonyl (C=O) groups is 1. The third kappa shape index (κ3) is 5.46. The van der Waals surface area contributed by atoms with Gasteiger partial charge in [-0.3, -0.25) is 4.79 Å². The van der Waals surface area contributed by atoms with Gasteiger partial charge in [-0.15, -0.1) is 0 Å². The molecule has 2 N–H and O–H groups in total. The third-order valence-electron chi connectivity index (χ3n) is 4.80. The first-order chi connectivity index (χ1) is 12.7. The van der Waals surface area contributed by atoms with Crippen molar-refractivity contribution in [1.29, 1.82) is 0 Å². The van der Waals surface area contributed by atoms with E-state index in [-0.39, 0.29) is 5.91 Å². The van der Waals surface area contributed by atoms with Crippen LogP contribution in [0.2, 0.25) is 0 Å². The molecular weight excluding hydrogens is 324 g/mol. The van der Waals surface area contributed by atoms with Crippen LogP contribution in [0.25, 0.3) is 6.08 Å². The summed E-state index contributed by atoms with van der Waals surface area (Å²) in [6.07, 6.45) is 6.07. The molecule has 0 aliphatic carbocycles. The number of ether oxygens (including phenoxy) is 1. The molecule has 2 aromatic carbocycles. The minimum absolute atomic E-state index is 0.0913. The van der Waals surface area contributed by atoms with E-state index >= 15 is 0 Å². The first kappa shape index (κ1) is 18.2. The smallest absolute Gasteiger partial charge is 0.244 e. The Balaban J connectivity index is 1.45. The summed E-state index contributed by atoms with van der Waals surface area (Å²) in [6, 6.07) is 16.2. The van der Waals surface area contributed by atoms with Crippen LogP contribution in [0.4, 0.5) is 0 Å². The lowest BCUT2D eigenvalue weighted by molar-refractivity contribution is -0.901. The highest BCUT2D eigenvalue weighted by Gasteiger charge is 2.15. The molecule has 26 heavy (non-hydrogen) atoms. The van der Waals surface area contributed by atoms with Crippen molar-refractivity contribution in [2.24, 2.45) is 0 Å². The molecule has 1 amide bonds. The van der Waals surface area contributed by atoms with E-state index in [1.54, 1.807) is 24.2 Å². The van der Waals surface area contributed by atoms with Gasteiger partial charge < -0.3 is 15.0 Å². The Morgan fingerprint density at radius 1 is 1.04 bits per heavy atom. The Bertz CT molecular complexity index is 730. The second-order valence-corrected chi connectivity index (χ2v) is 6.77. The molecule has 0 atom stereocenters. The summed E-state index contributed by atoms with van der Waals surface area (Å²) in [5.41, 5.74) is 3.46. The molecule has 1 fully saturated rings. The number of hydrogen-bond acceptors (Lipinski definition) is 2. The summed E-state index contributed by atoms with van der Waals surface area (Å²) in [6.45, 7) is 4.23. The molecule has 0 unspecified atom stereocenters. The van der Waals surface area contributed by atoms with Crippen LogP contribution < -0.4 is 15.0 Å². The van der Waals surface area contributed by atoms with Gasteiger partial charge in [-0.1, -0.05) is 36.4 Å². The van der Waals surface area contributed by atoms with Crippen LogP contribution in [0.1, 0.15) is 29.5 Å². The number of nitrogens with one attached hydrogen (secondary N) is 2. The number of carbonyl (C=O) groups excluding carboxylic acids is 1. The molecule has 136 valence electrons. The van der Waals surface area contributed by atoms with E-state index < -0.39 is 0 Å². The molecule has 4 nitrogen and oxygen atoms in total. The molecule has 1 aliphatic heterocycles. The van der Waals surface area contributed by atoms with Crippen LogP contribution in [-0.2, 0) is 17.9 Å².